The van der Waals surface area contributed by atoms with E-state index in [-0.39, 0.29) is 6.09 Å². The minimum Gasteiger partial charge on any atom is -0.450 e. The van der Waals surface area contributed by atoms with Crippen molar-refractivity contribution in [3.8, 4) is 0 Å². The number of ether oxygens (including phenoxy) is 1. The van der Waals surface area contributed by atoms with Crippen molar-refractivity contribution < 1.29 is 9.53 Å². The van der Waals surface area contributed by atoms with Gasteiger partial charge in [0.1, 0.15) is 0 Å². The number of alkyl carbamates (subject to hydrolysis) is 1. The molecule has 60 valence electrons. The average Bonchev–Trinajstić information content (AvgIpc) is 1.98. The standard InChI is InChI=1S/C6H14N2O2/c1-7-4-3-5-10-6(9)8-2/h7H,3-5H2,1-2H3,(H,8,9). The molecule has 0 aromatic heterocycles. The Kier molecular flexibility index (Phi) is 5.86. The van der Waals surface area contributed by atoms with E-state index >= 15 is 0 Å². The normalized spacial score (nSPS) is 9.00. The van der Waals surface area contributed by atoms with E-state index in [0.29, 0.717) is 6.61 Å². The van der Waals surface area contributed by atoms with Crippen molar-refractivity contribution in [1.29, 1.82) is 0 Å². The summed E-state index contributed by atoms with van der Waals surface area (Å²) in [5.41, 5.74) is 0. The van der Waals surface area contributed by atoms with Crippen LogP contribution in [0.3, 0.4) is 0 Å². The van der Waals surface area contributed by atoms with Gasteiger partial charge >= 0.3 is 6.09 Å². The van der Waals surface area contributed by atoms with Crippen molar-refractivity contribution in [3.63, 3.8) is 0 Å². The number of hydrogen-bond donors (Lipinski definition) is 2. The molecule has 10 heavy (non-hydrogen) atoms. The molecule has 0 fully saturated rings. The van der Waals surface area contributed by atoms with E-state index < -0.39 is 0 Å². The molecule has 0 aliphatic rings. The Labute approximate surface area is 60.9 Å². The van der Waals surface area contributed by atoms with E-state index in [2.05, 4.69) is 10.6 Å². The van der Waals surface area contributed by atoms with Crippen LogP contribution in [0.1, 0.15) is 6.42 Å². The Hall–Kier alpha value is -0.770. The molecular weight excluding hydrogens is 132 g/mol. The maximum atomic E-state index is 10.4. The first kappa shape index (κ1) is 9.23. The van der Waals surface area contributed by atoms with Crippen LogP contribution in [0.2, 0.25) is 0 Å². The van der Waals surface area contributed by atoms with Crippen LogP contribution in [0.5, 0.6) is 0 Å². The van der Waals surface area contributed by atoms with E-state index in [4.69, 9.17) is 4.74 Å². The molecule has 0 bridgehead atoms. The van der Waals surface area contributed by atoms with Crippen molar-refractivity contribution in [2.45, 2.75) is 6.42 Å². The lowest BCUT2D eigenvalue weighted by atomic mass is 10.4. The zero-order valence-electron chi connectivity index (χ0n) is 6.44. The lowest BCUT2D eigenvalue weighted by Crippen LogP contribution is -2.21. The van der Waals surface area contributed by atoms with Gasteiger partial charge in [0.25, 0.3) is 0 Å². The Morgan fingerprint density at radius 1 is 1.50 bits per heavy atom. The highest BCUT2D eigenvalue weighted by Gasteiger charge is 1.94. The maximum absolute atomic E-state index is 10.4. The number of amides is 1. The first-order valence-electron chi connectivity index (χ1n) is 3.30. The highest BCUT2D eigenvalue weighted by molar-refractivity contribution is 5.66. The third kappa shape index (κ3) is 5.37. The van der Waals surface area contributed by atoms with Crippen molar-refractivity contribution in [2.75, 3.05) is 27.2 Å². The zero-order valence-corrected chi connectivity index (χ0v) is 6.44. The second-order valence-corrected chi connectivity index (χ2v) is 1.84. The average molecular weight is 146 g/mol. The number of nitrogens with one attached hydrogen (secondary N) is 2. The third-order valence-corrected chi connectivity index (χ3v) is 1.01. The predicted molar refractivity (Wildman–Crippen MR) is 39.0 cm³/mol. The van der Waals surface area contributed by atoms with Crippen LogP contribution >= 0.6 is 0 Å². The summed E-state index contributed by atoms with van der Waals surface area (Å²) >= 11 is 0. The van der Waals surface area contributed by atoms with E-state index in [9.17, 15) is 4.79 Å². The Morgan fingerprint density at radius 3 is 2.70 bits per heavy atom. The second kappa shape index (κ2) is 6.35. The summed E-state index contributed by atoms with van der Waals surface area (Å²) in [7, 11) is 3.40. The van der Waals surface area contributed by atoms with Crippen molar-refractivity contribution >= 4 is 6.09 Å². The van der Waals surface area contributed by atoms with Gasteiger partial charge in [-0.1, -0.05) is 0 Å². The topological polar surface area (TPSA) is 50.4 Å². The molecule has 0 rings (SSSR count). The summed E-state index contributed by atoms with van der Waals surface area (Å²) in [4.78, 5) is 10.4. The molecule has 0 saturated heterocycles. The monoisotopic (exact) mass is 146 g/mol. The molecule has 0 aliphatic carbocycles. The molecule has 0 aromatic rings. The van der Waals surface area contributed by atoms with Gasteiger partial charge in [-0.25, -0.2) is 4.79 Å². The molecule has 1 amide bonds. The van der Waals surface area contributed by atoms with Gasteiger partial charge in [0.05, 0.1) is 6.61 Å². The van der Waals surface area contributed by atoms with Crippen LogP contribution in [0.25, 0.3) is 0 Å². The number of rotatable bonds is 4. The van der Waals surface area contributed by atoms with Crippen LogP contribution in [-0.4, -0.2) is 33.3 Å². The molecule has 0 radical (unpaired) electrons. The smallest absolute Gasteiger partial charge is 0.406 e. The first-order valence-corrected chi connectivity index (χ1v) is 3.30. The molecule has 0 aliphatic heterocycles. The van der Waals surface area contributed by atoms with Crippen molar-refractivity contribution in [1.82, 2.24) is 10.6 Å². The Morgan fingerprint density at radius 2 is 2.20 bits per heavy atom. The van der Waals surface area contributed by atoms with Gasteiger partial charge in [0.2, 0.25) is 0 Å². The maximum Gasteiger partial charge on any atom is 0.406 e. The minimum atomic E-state index is -0.365. The minimum absolute atomic E-state index is 0.365. The predicted octanol–water partition coefficient (Wildman–Crippen LogP) is -0.0481. The second-order valence-electron chi connectivity index (χ2n) is 1.84. The highest BCUT2D eigenvalue weighted by atomic mass is 16.5. The fourth-order valence-electron chi connectivity index (χ4n) is 0.486. The van der Waals surface area contributed by atoms with E-state index in [1.165, 1.54) is 0 Å². The molecule has 0 aromatic carbocycles. The molecule has 2 N–H and O–H groups in total. The fraction of sp³-hybridized carbons (Fsp3) is 0.833. The van der Waals surface area contributed by atoms with E-state index in [0.717, 1.165) is 13.0 Å². The third-order valence-electron chi connectivity index (χ3n) is 1.01. The molecule has 0 heterocycles. The first-order chi connectivity index (χ1) is 4.81. The summed E-state index contributed by atoms with van der Waals surface area (Å²) in [5.74, 6) is 0. The van der Waals surface area contributed by atoms with Gasteiger partial charge in [-0.3, -0.25) is 0 Å². The van der Waals surface area contributed by atoms with Crippen molar-refractivity contribution in [3.05, 3.63) is 0 Å². The van der Waals surface area contributed by atoms with Gasteiger partial charge in [0, 0.05) is 7.05 Å². The quantitative estimate of drug-likeness (QED) is 0.547. The van der Waals surface area contributed by atoms with Crippen LogP contribution in [0.4, 0.5) is 4.79 Å². The van der Waals surface area contributed by atoms with Crippen LogP contribution in [-0.2, 0) is 4.74 Å². The van der Waals surface area contributed by atoms with Crippen molar-refractivity contribution in [2.24, 2.45) is 0 Å². The molecule has 0 saturated carbocycles. The summed E-state index contributed by atoms with van der Waals surface area (Å²) in [6.45, 7) is 1.34. The van der Waals surface area contributed by atoms with Gasteiger partial charge in [-0.15, -0.1) is 0 Å². The summed E-state index contributed by atoms with van der Waals surface area (Å²) in [5, 5.41) is 5.31. The van der Waals surface area contributed by atoms with Gasteiger partial charge in [-0.05, 0) is 20.0 Å². The molecular formula is C6H14N2O2. The largest absolute Gasteiger partial charge is 0.450 e. The number of carbonyl (C=O) groups is 1. The summed E-state index contributed by atoms with van der Waals surface area (Å²) in [6, 6.07) is 0. The molecule has 4 nitrogen and oxygen atoms in total. The Balaban J connectivity index is 2.96. The summed E-state index contributed by atoms with van der Waals surface area (Å²) in [6.07, 6.45) is 0.486. The molecule has 0 spiro atoms. The number of carbonyl (C=O) groups excluding carboxylic acids is 1. The molecule has 4 heteroatoms. The lowest BCUT2D eigenvalue weighted by Gasteiger charge is -2.01. The lowest BCUT2D eigenvalue weighted by molar-refractivity contribution is 0.147. The number of hydrogen-bond acceptors (Lipinski definition) is 3. The Bertz CT molecular complexity index is 95.7. The summed E-state index contributed by atoms with van der Waals surface area (Å²) < 4.78 is 4.70. The van der Waals surface area contributed by atoms with E-state index in [1.54, 1.807) is 7.05 Å². The fourth-order valence-corrected chi connectivity index (χ4v) is 0.486. The van der Waals surface area contributed by atoms with E-state index in [1.807, 2.05) is 7.05 Å². The van der Waals surface area contributed by atoms with Crippen LogP contribution in [0.15, 0.2) is 0 Å². The van der Waals surface area contributed by atoms with Crippen LogP contribution in [0, 0.1) is 0 Å². The molecule has 0 atom stereocenters. The van der Waals surface area contributed by atoms with Gasteiger partial charge < -0.3 is 15.4 Å². The molecule has 0 unspecified atom stereocenters. The zero-order chi connectivity index (χ0) is 7.82. The van der Waals surface area contributed by atoms with Gasteiger partial charge in [-0.2, -0.15) is 0 Å². The van der Waals surface area contributed by atoms with Gasteiger partial charge in [0.15, 0.2) is 0 Å². The highest BCUT2D eigenvalue weighted by Crippen LogP contribution is 1.80. The van der Waals surface area contributed by atoms with Crippen LogP contribution < -0.4 is 10.6 Å². The SMILES string of the molecule is CNCCCOC(=O)NC.